The number of carbonyl (C=O) groups excluding carboxylic acids is 1. The third kappa shape index (κ3) is 4.05. The molecular formula is C17H20FNO2. The van der Waals surface area contributed by atoms with E-state index in [2.05, 4.69) is 18.8 Å². The zero-order chi connectivity index (χ0) is 15.2. The molecule has 0 bridgehead atoms. The van der Waals surface area contributed by atoms with Crippen LogP contribution in [0.4, 0.5) is 4.39 Å². The van der Waals surface area contributed by atoms with E-state index in [1.54, 1.807) is 4.90 Å². The van der Waals surface area contributed by atoms with E-state index in [0.29, 0.717) is 36.6 Å². The molecule has 1 N–H and O–H groups in total. The number of hydrogen-bond acceptors (Lipinski definition) is 2. The van der Waals surface area contributed by atoms with E-state index in [1.165, 1.54) is 18.2 Å². The molecule has 0 unspecified atom stereocenters. The zero-order valence-corrected chi connectivity index (χ0v) is 12.2. The van der Waals surface area contributed by atoms with E-state index >= 15 is 0 Å². The van der Waals surface area contributed by atoms with Gasteiger partial charge in [-0.1, -0.05) is 18.8 Å². The molecular weight excluding hydrogens is 269 g/mol. The molecule has 1 aromatic rings. The minimum Gasteiger partial charge on any atom is -0.395 e. The third-order valence-corrected chi connectivity index (χ3v) is 3.74. The molecule has 0 saturated carbocycles. The number of nitrogens with zero attached hydrogens (tertiary/aromatic N) is 1. The summed E-state index contributed by atoms with van der Waals surface area (Å²) in [5.74, 6) is 5.67. The van der Waals surface area contributed by atoms with Crippen LogP contribution in [0.2, 0.25) is 0 Å². The maximum Gasteiger partial charge on any atom is 0.255 e. The maximum absolute atomic E-state index is 13.5. The van der Waals surface area contributed by atoms with E-state index in [0.717, 1.165) is 12.8 Å². The first-order valence-electron chi connectivity index (χ1n) is 7.30. The fourth-order valence-electron chi connectivity index (χ4n) is 2.40. The van der Waals surface area contributed by atoms with Crippen molar-refractivity contribution in [3.63, 3.8) is 0 Å². The van der Waals surface area contributed by atoms with Crippen molar-refractivity contribution >= 4 is 5.91 Å². The number of amides is 1. The van der Waals surface area contributed by atoms with Crippen LogP contribution in [0.3, 0.4) is 0 Å². The van der Waals surface area contributed by atoms with Crippen molar-refractivity contribution in [1.82, 2.24) is 4.90 Å². The standard InChI is InChI=1S/C17H20FNO2/c1-13-7-9-19(10-8-13)17(21)16-12-15(18)6-5-14(16)4-2-3-11-20/h5-6,12-13,20H,3,7-11H2,1H3. The number of hydrogen-bond donors (Lipinski definition) is 1. The first kappa shape index (κ1) is 15.5. The lowest BCUT2D eigenvalue weighted by atomic mass is 9.98. The third-order valence-electron chi connectivity index (χ3n) is 3.74. The first-order valence-corrected chi connectivity index (χ1v) is 7.30. The van der Waals surface area contributed by atoms with E-state index < -0.39 is 5.82 Å². The Kier molecular flexibility index (Phi) is 5.35. The number of rotatable bonds is 2. The summed E-state index contributed by atoms with van der Waals surface area (Å²) in [6.07, 6.45) is 2.30. The zero-order valence-electron chi connectivity index (χ0n) is 12.2. The Morgan fingerprint density at radius 3 is 2.81 bits per heavy atom. The lowest BCUT2D eigenvalue weighted by Crippen LogP contribution is -2.38. The van der Waals surface area contributed by atoms with Crippen LogP contribution in [-0.4, -0.2) is 35.6 Å². The molecule has 1 aliphatic heterocycles. The van der Waals surface area contributed by atoms with Gasteiger partial charge in [-0.3, -0.25) is 4.79 Å². The van der Waals surface area contributed by atoms with Gasteiger partial charge < -0.3 is 10.0 Å². The largest absolute Gasteiger partial charge is 0.395 e. The molecule has 112 valence electrons. The molecule has 3 nitrogen and oxygen atoms in total. The van der Waals surface area contributed by atoms with E-state index in [9.17, 15) is 9.18 Å². The number of aliphatic hydroxyl groups is 1. The summed E-state index contributed by atoms with van der Waals surface area (Å²) < 4.78 is 13.5. The maximum atomic E-state index is 13.5. The number of likely N-dealkylation sites (tertiary alicyclic amines) is 1. The van der Waals surface area contributed by atoms with Crippen molar-refractivity contribution in [2.24, 2.45) is 5.92 Å². The molecule has 0 radical (unpaired) electrons. The highest BCUT2D eigenvalue weighted by atomic mass is 19.1. The smallest absolute Gasteiger partial charge is 0.255 e. The lowest BCUT2D eigenvalue weighted by molar-refractivity contribution is 0.0696. The SMILES string of the molecule is CC1CCN(C(=O)c2cc(F)ccc2C#CCCO)CC1. The summed E-state index contributed by atoms with van der Waals surface area (Å²) in [4.78, 5) is 14.3. The summed E-state index contributed by atoms with van der Waals surface area (Å²) in [5, 5.41) is 8.76. The molecule has 1 fully saturated rings. The summed E-state index contributed by atoms with van der Waals surface area (Å²) in [6, 6.07) is 4.08. The fraction of sp³-hybridized carbons (Fsp3) is 0.471. The Morgan fingerprint density at radius 1 is 1.43 bits per heavy atom. The Balaban J connectivity index is 2.23. The van der Waals surface area contributed by atoms with Gasteiger partial charge in [0.1, 0.15) is 5.82 Å². The molecule has 1 heterocycles. The molecule has 0 aliphatic carbocycles. The van der Waals surface area contributed by atoms with Crippen LogP contribution in [0.5, 0.6) is 0 Å². The van der Waals surface area contributed by atoms with Gasteiger partial charge in [0.2, 0.25) is 0 Å². The van der Waals surface area contributed by atoms with Crippen molar-refractivity contribution in [2.45, 2.75) is 26.2 Å². The lowest BCUT2D eigenvalue weighted by Gasteiger charge is -2.30. The van der Waals surface area contributed by atoms with E-state index in [4.69, 9.17) is 5.11 Å². The van der Waals surface area contributed by atoms with Gasteiger partial charge in [-0.05, 0) is 37.0 Å². The van der Waals surface area contributed by atoms with Gasteiger partial charge in [0.05, 0.1) is 12.2 Å². The molecule has 4 heteroatoms. The Morgan fingerprint density at radius 2 is 2.14 bits per heavy atom. The minimum absolute atomic E-state index is 0.0263. The predicted molar refractivity (Wildman–Crippen MR) is 79.3 cm³/mol. The van der Waals surface area contributed by atoms with Crippen LogP contribution < -0.4 is 0 Å². The van der Waals surface area contributed by atoms with Crippen LogP contribution in [0, 0.1) is 23.6 Å². The van der Waals surface area contributed by atoms with Gasteiger partial charge >= 0.3 is 0 Å². The average Bonchev–Trinajstić information content (AvgIpc) is 2.49. The molecule has 0 atom stereocenters. The minimum atomic E-state index is -0.434. The average molecular weight is 289 g/mol. The molecule has 1 aliphatic rings. The molecule has 1 amide bonds. The van der Waals surface area contributed by atoms with Crippen LogP contribution in [0.25, 0.3) is 0 Å². The number of benzene rings is 1. The number of halogens is 1. The summed E-state index contributed by atoms with van der Waals surface area (Å²) in [5.41, 5.74) is 0.837. The van der Waals surface area contributed by atoms with Crippen LogP contribution in [0.1, 0.15) is 42.1 Å². The van der Waals surface area contributed by atoms with Crippen molar-refractivity contribution in [1.29, 1.82) is 0 Å². The Hall–Kier alpha value is -1.86. The fourth-order valence-corrected chi connectivity index (χ4v) is 2.40. The van der Waals surface area contributed by atoms with Crippen LogP contribution in [0.15, 0.2) is 18.2 Å². The van der Waals surface area contributed by atoms with E-state index in [1.807, 2.05) is 0 Å². The monoisotopic (exact) mass is 289 g/mol. The molecule has 0 spiro atoms. The normalized spacial score (nSPS) is 15.5. The molecule has 1 aromatic carbocycles. The quantitative estimate of drug-likeness (QED) is 0.850. The molecule has 0 aromatic heterocycles. The van der Waals surface area contributed by atoms with Gasteiger partial charge in [-0.2, -0.15) is 0 Å². The van der Waals surface area contributed by atoms with Gasteiger partial charge in [0, 0.05) is 25.1 Å². The molecule has 2 rings (SSSR count). The van der Waals surface area contributed by atoms with Crippen molar-refractivity contribution in [2.75, 3.05) is 19.7 Å². The van der Waals surface area contributed by atoms with Crippen molar-refractivity contribution < 1.29 is 14.3 Å². The number of aliphatic hydroxyl groups excluding tert-OH is 1. The summed E-state index contributed by atoms with van der Waals surface area (Å²) >= 11 is 0. The topological polar surface area (TPSA) is 40.5 Å². The van der Waals surface area contributed by atoms with Crippen LogP contribution >= 0.6 is 0 Å². The second kappa shape index (κ2) is 7.24. The number of carbonyl (C=O) groups is 1. The molecule has 1 saturated heterocycles. The highest BCUT2D eigenvalue weighted by Gasteiger charge is 2.23. The van der Waals surface area contributed by atoms with E-state index in [-0.39, 0.29) is 12.5 Å². The second-order valence-electron chi connectivity index (χ2n) is 5.44. The highest BCUT2D eigenvalue weighted by Crippen LogP contribution is 2.20. The predicted octanol–water partition coefficient (Wildman–Crippen LogP) is 2.43. The van der Waals surface area contributed by atoms with Gasteiger partial charge in [0.25, 0.3) is 5.91 Å². The van der Waals surface area contributed by atoms with Gasteiger partial charge in [-0.25, -0.2) is 4.39 Å². The van der Waals surface area contributed by atoms with Crippen LogP contribution in [-0.2, 0) is 0 Å². The highest BCUT2D eigenvalue weighted by molar-refractivity contribution is 5.96. The van der Waals surface area contributed by atoms with Gasteiger partial charge in [-0.15, -0.1) is 0 Å². The second-order valence-corrected chi connectivity index (χ2v) is 5.44. The Labute approximate surface area is 124 Å². The molecule has 21 heavy (non-hydrogen) atoms. The first-order chi connectivity index (χ1) is 10.1. The summed E-state index contributed by atoms with van der Waals surface area (Å²) in [6.45, 7) is 3.57. The Bertz CT molecular complexity index is 566. The summed E-state index contributed by atoms with van der Waals surface area (Å²) in [7, 11) is 0. The van der Waals surface area contributed by atoms with Crippen molar-refractivity contribution in [3.8, 4) is 11.8 Å². The van der Waals surface area contributed by atoms with Gasteiger partial charge in [0.15, 0.2) is 0 Å². The van der Waals surface area contributed by atoms with Crippen molar-refractivity contribution in [3.05, 3.63) is 35.1 Å². The number of piperidine rings is 1.